The molecule has 0 aromatic heterocycles. The molecule has 0 atom stereocenters. The van der Waals surface area contributed by atoms with Crippen LogP contribution >= 0.6 is 0 Å². The van der Waals surface area contributed by atoms with Gasteiger partial charge in [0.25, 0.3) is 0 Å². The lowest BCUT2D eigenvalue weighted by atomic mass is 9.49. The lowest BCUT2D eigenvalue weighted by molar-refractivity contribution is -0.146. The fourth-order valence-electron chi connectivity index (χ4n) is 6.95. The number of rotatable bonds is 6. The van der Waals surface area contributed by atoms with E-state index >= 15 is 0 Å². The first-order valence-corrected chi connectivity index (χ1v) is 12.0. The monoisotopic (exact) mass is 428 g/mol. The van der Waals surface area contributed by atoms with Gasteiger partial charge in [-0.3, -0.25) is 9.59 Å². The maximum absolute atomic E-state index is 13.0. The van der Waals surface area contributed by atoms with Crippen molar-refractivity contribution in [3.63, 3.8) is 0 Å². The largest absolute Gasteiger partial charge is 0.490 e. The number of hydrogen-bond donors (Lipinski definition) is 1. The Kier molecular flexibility index (Phi) is 5.65. The second-order valence-corrected chi connectivity index (χ2v) is 10.4. The van der Waals surface area contributed by atoms with E-state index in [1.807, 2.05) is 4.90 Å². The predicted molar refractivity (Wildman–Crippen MR) is 115 cm³/mol. The first-order chi connectivity index (χ1) is 15.0. The van der Waals surface area contributed by atoms with E-state index in [1.165, 1.54) is 31.4 Å². The van der Waals surface area contributed by atoms with Gasteiger partial charge in [0.2, 0.25) is 11.8 Å². The smallest absolute Gasteiger partial charge is 0.226 e. The fraction of sp³-hybridized carbons (Fsp3) is 0.680. The third-order valence-electron chi connectivity index (χ3n) is 8.06. The fourth-order valence-corrected chi connectivity index (χ4v) is 6.95. The number of carbonyl (C=O) groups excluding carboxylic acids is 2. The molecule has 2 amide bonds. The number of carbonyl (C=O) groups is 2. The summed E-state index contributed by atoms with van der Waals surface area (Å²) in [5, 5.41) is 3.11. The molecule has 5 aliphatic rings. The number of likely N-dealkylation sites (tertiary alicyclic amines) is 1. The Bertz CT molecular complexity index is 781. The molecule has 1 saturated heterocycles. The Morgan fingerprint density at radius 1 is 1.00 bits per heavy atom. The van der Waals surface area contributed by atoms with Gasteiger partial charge >= 0.3 is 0 Å². The zero-order chi connectivity index (χ0) is 21.4. The van der Waals surface area contributed by atoms with Crippen LogP contribution < -0.4 is 10.1 Å². The Hall–Kier alpha value is -2.11. The van der Waals surface area contributed by atoms with Gasteiger partial charge in [-0.2, -0.15) is 0 Å². The Balaban J connectivity index is 1.04. The number of nitrogens with one attached hydrogen (secondary N) is 1. The van der Waals surface area contributed by atoms with Gasteiger partial charge in [0, 0.05) is 44.3 Å². The van der Waals surface area contributed by atoms with Crippen LogP contribution in [-0.2, 0) is 9.59 Å². The minimum absolute atomic E-state index is 0.0466. The number of nitrogens with zero attached hydrogens (tertiary/aromatic N) is 1. The maximum Gasteiger partial charge on any atom is 0.226 e. The molecule has 0 unspecified atom stereocenters. The summed E-state index contributed by atoms with van der Waals surface area (Å²) in [6, 6.07) is 6.07. The number of hydrogen-bond acceptors (Lipinski definition) is 3. The molecule has 31 heavy (non-hydrogen) atoms. The van der Waals surface area contributed by atoms with E-state index in [2.05, 4.69) is 5.32 Å². The number of piperidine rings is 1. The Labute approximate surface area is 183 Å². The van der Waals surface area contributed by atoms with Crippen LogP contribution in [0.4, 0.5) is 4.39 Å². The van der Waals surface area contributed by atoms with E-state index in [4.69, 9.17) is 4.74 Å². The second-order valence-electron chi connectivity index (χ2n) is 10.4. The van der Waals surface area contributed by atoms with Crippen LogP contribution in [0.15, 0.2) is 24.3 Å². The molecule has 1 aliphatic heterocycles. The summed E-state index contributed by atoms with van der Waals surface area (Å²) in [7, 11) is 0. The van der Waals surface area contributed by atoms with Crippen molar-refractivity contribution in [1.29, 1.82) is 0 Å². The zero-order valence-corrected chi connectivity index (χ0v) is 18.2. The maximum atomic E-state index is 13.0. The third kappa shape index (κ3) is 4.44. The van der Waals surface area contributed by atoms with Gasteiger partial charge in [-0.15, -0.1) is 0 Å². The van der Waals surface area contributed by atoms with Crippen molar-refractivity contribution in [3.05, 3.63) is 30.1 Å². The average molecular weight is 429 g/mol. The molecule has 0 spiro atoms. The summed E-state index contributed by atoms with van der Waals surface area (Å²) < 4.78 is 18.9. The quantitative estimate of drug-likeness (QED) is 0.747. The molecule has 4 aliphatic carbocycles. The predicted octanol–water partition coefficient (Wildman–Crippen LogP) is 3.92. The normalized spacial score (nSPS) is 32.2. The summed E-state index contributed by atoms with van der Waals surface area (Å²) in [4.78, 5) is 27.5. The highest BCUT2D eigenvalue weighted by Gasteiger charge is 2.54. The standard InChI is InChI=1S/C25H33FN2O3/c26-20-1-3-21(4-2-20)31-22-6-9-28(10-7-22)23(29)5-8-27-24(30)25-14-17-11-18(15-25)13-19(12-17)16-25/h1-4,17-19,22H,5-16H2,(H,27,30). The van der Waals surface area contributed by atoms with E-state index in [-0.39, 0.29) is 29.2 Å². The molecule has 1 aromatic rings. The molecule has 5 fully saturated rings. The van der Waals surface area contributed by atoms with Crippen molar-refractivity contribution in [2.45, 2.75) is 63.9 Å². The molecule has 1 N–H and O–H groups in total. The van der Waals surface area contributed by atoms with E-state index in [9.17, 15) is 14.0 Å². The molecular weight excluding hydrogens is 395 g/mol. The van der Waals surface area contributed by atoms with Crippen LogP contribution in [0, 0.1) is 29.0 Å². The summed E-state index contributed by atoms with van der Waals surface area (Å²) in [5.41, 5.74) is -0.145. The number of benzene rings is 1. The van der Waals surface area contributed by atoms with Gasteiger partial charge in [-0.25, -0.2) is 4.39 Å². The highest BCUT2D eigenvalue weighted by atomic mass is 19.1. The zero-order valence-electron chi connectivity index (χ0n) is 18.2. The summed E-state index contributed by atoms with van der Waals surface area (Å²) >= 11 is 0. The van der Waals surface area contributed by atoms with Crippen LogP contribution in [0.1, 0.15) is 57.8 Å². The van der Waals surface area contributed by atoms with Crippen LogP contribution in [0.25, 0.3) is 0 Å². The van der Waals surface area contributed by atoms with Crippen LogP contribution in [0.2, 0.25) is 0 Å². The first-order valence-electron chi connectivity index (χ1n) is 12.0. The lowest BCUT2D eigenvalue weighted by Crippen LogP contribution is -2.54. The molecule has 5 nitrogen and oxygen atoms in total. The van der Waals surface area contributed by atoms with E-state index in [0.29, 0.717) is 31.8 Å². The molecule has 1 aromatic carbocycles. The van der Waals surface area contributed by atoms with Crippen molar-refractivity contribution in [2.24, 2.45) is 23.2 Å². The van der Waals surface area contributed by atoms with Crippen LogP contribution in [-0.4, -0.2) is 42.5 Å². The second kappa shape index (κ2) is 8.44. The minimum atomic E-state index is -0.275. The van der Waals surface area contributed by atoms with Crippen molar-refractivity contribution in [2.75, 3.05) is 19.6 Å². The SMILES string of the molecule is O=C(CCNC(=O)C12CC3CC(CC(C3)C1)C2)N1CCC(Oc2ccc(F)cc2)CC1. The highest BCUT2D eigenvalue weighted by molar-refractivity contribution is 5.84. The molecule has 168 valence electrons. The first kappa shape index (κ1) is 20.8. The summed E-state index contributed by atoms with van der Waals surface area (Å²) in [6.07, 6.45) is 9.09. The van der Waals surface area contributed by atoms with Gasteiger partial charge in [0.1, 0.15) is 17.7 Å². The topological polar surface area (TPSA) is 58.6 Å². The van der Waals surface area contributed by atoms with Crippen molar-refractivity contribution in [3.8, 4) is 5.75 Å². The Morgan fingerprint density at radius 3 is 2.16 bits per heavy atom. The number of halogens is 1. The molecular formula is C25H33FN2O3. The van der Waals surface area contributed by atoms with E-state index in [1.54, 1.807) is 12.1 Å². The third-order valence-corrected chi connectivity index (χ3v) is 8.06. The number of ether oxygens (including phenoxy) is 1. The number of amides is 2. The van der Waals surface area contributed by atoms with E-state index < -0.39 is 0 Å². The van der Waals surface area contributed by atoms with Gasteiger partial charge in [-0.05, 0) is 80.5 Å². The summed E-state index contributed by atoms with van der Waals surface area (Å²) in [6.45, 7) is 1.76. The molecule has 0 radical (unpaired) electrons. The van der Waals surface area contributed by atoms with Gasteiger partial charge in [0.15, 0.2) is 0 Å². The molecule has 4 saturated carbocycles. The van der Waals surface area contributed by atoms with Crippen molar-refractivity contribution < 1.29 is 18.7 Å². The van der Waals surface area contributed by atoms with Crippen molar-refractivity contribution in [1.82, 2.24) is 10.2 Å². The van der Waals surface area contributed by atoms with Crippen LogP contribution in [0.3, 0.4) is 0 Å². The van der Waals surface area contributed by atoms with E-state index in [0.717, 1.165) is 49.9 Å². The van der Waals surface area contributed by atoms with Crippen molar-refractivity contribution >= 4 is 11.8 Å². The van der Waals surface area contributed by atoms with Crippen LogP contribution in [0.5, 0.6) is 5.75 Å². The lowest BCUT2D eigenvalue weighted by Gasteiger charge is -2.55. The molecule has 6 heteroatoms. The molecule has 6 rings (SSSR count). The van der Waals surface area contributed by atoms with Gasteiger partial charge < -0.3 is 15.0 Å². The Morgan fingerprint density at radius 2 is 1.58 bits per heavy atom. The minimum Gasteiger partial charge on any atom is -0.490 e. The average Bonchev–Trinajstić information content (AvgIpc) is 2.75. The van der Waals surface area contributed by atoms with Gasteiger partial charge in [-0.1, -0.05) is 0 Å². The van der Waals surface area contributed by atoms with Gasteiger partial charge in [0.05, 0.1) is 0 Å². The highest BCUT2D eigenvalue weighted by Crippen LogP contribution is 2.60. The summed E-state index contributed by atoms with van der Waals surface area (Å²) in [5.74, 6) is 2.93. The molecule has 1 heterocycles. The molecule has 4 bridgehead atoms.